The van der Waals surface area contributed by atoms with E-state index in [1.807, 2.05) is 13.2 Å². The summed E-state index contributed by atoms with van der Waals surface area (Å²) in [5.41, 5.74) is 3.65. The van der Waals surface area contributed by atoms with E-state index < -0.39 is 0 Å². The maximum atomic E-state index is 12.3. The third-order valence-electron chi connectivity index (χ3n) is 4.72. The molecule has 6 heteroatoms. The lowest BCUT2D eigenvalue weighted by Crippen LogP contribution is -2.39. The Balaban J connectivity index is 1.36. The summed E-state index contributed by atoms with van der Waals surface area (Å²) < 4.78 is 1.64. The molecule has 0 radical (unpaired) electrons. The van der Waals surface area contributed by atoms with Gasteiger partial charge < -0.3 is 10.2 Å². The first-order valence-electron chi connectivity index (χ1n) is 7.58. The molecule has 2 aliphatic rings. The van der Waals surface area contributed by atoms with E-state index in [1.165, 1.54) is 11.1 Å². The van der Waals surface area contributed by atoms with E-state index in [0.29, 0.717) is 18.4 Å². The number of aromatic nitrogens is 3. The largest absolute Gasteiger partial charge is 0.334 e. The Hall–Kier alpha value is -2.37. The third-order valence-corrected chi connectivity index (χ3v) is 4.72. The van der Waals surface area contributed by atoms with E-state index in [9.17, 15) is 4.79 Å². The fourth-order valence-electron chi connectivity index (χ4n) is 3.58. The van der Waals surface area contributed by atoms with Crippen LogP contribution in [0.5, 0.6) is 0 Å². The monoisotopic (exact) mass is 297 g/mol. The van der Waals surface area contributed by atoms with Gasteiger partial charge in [0.15, 0.2) is 0 Å². The third kappa shape index (κ3) is 2.15. The van der Waals surface area contributed by atoms with Gasteiger partial charge in [-0.15, -0.1) is 5.10 Å². The zero-order valence-electron chi connectivity index (χ0n) is 12.7. The summed E-state index contributed by atoms with van der Waals surface area (Å²) in [7, 11) is 3.61. The fourth-order valence-corrected chi connectivity index (χ4v) is 3.58. The highest BCUT2D eigenvalue weighted by Crippen LogP contribution is 2.56. The summed E-state index contributed by atoms with van der Waals surface area (Å²) in [5.74, 6) is 1.08. The second-order valence-corrected chi connectivity index (χ2v) is 6.31. The molecule has 0 bridgehead atoms. The lowest BCUT2D eigenvalue weighted by atomic mass is 10.1. The SMILES string of the molecule is CN(Cc1cn(C)nn1)C(=O)N[C@@H]1[C@H]2Cc3ccccc3[C@H]21. The van der Waals surface area contributed by atoms with Crippen LogP contribution in [0, 0.1) is 5.92 Å². The van der Waals surface area contributed by atoms with Crippen LogP contribution in [0.15, 0.2) is 30.5 Å². The molecule has 4 rings (SSSR count). The predicted octanol–water partition coefficient (Wildman–Crippen LogP) is 1.29. The van der Waals surface area contributed by atoms with Gasteiger partial charge in [0, 0.05) is 32.3 Å². The first kappa shape index (κ1) is 13.3. The van der Waals surface area contributed by atoms with Gasteiger partial charge in [0.25, 0.3) is 0 Å². The molecule has 1 N–H and O–H groups in total. The number of carbonyl (C=O) groups excluding carboxylic acids is 1. The molecule has 114 valence electrons. The van der Waals surface area contributed by atoms with E-state index in [1.54, 1.807) is 16.6 Å². The lowest BCUT2D eigenvalue weighted by Gasteiger charge is -2.17. The van der Waals surface area contributed by atoms with Gasteiger partial charge in [-0.1, -0.05) is 29.5 Å². The molecule has 1 aromatic carbocycles. The number of fused-ring (bicyclic) bond motifs is 3. The molecule has 1 saturated carbocycles. The number of urea groups is 1. The van der Waals surface area contributed by atoms with Crippen molar-refractivity contribution < 1.29 is 4.79 Å². The van der Waals surface area contributed by atoms with Crippen molar-refractivity contribution in [2.24, 2.45) is 13.0 Å². The van der Waals surface area contributed by atoms with E-state index in [2.05, 4.69) is 39.9 Å². The van der Waals surface area contributed by atoms with E-state index in [4.69, 9.17) is 0 Å². The average molecular weight is 297 g/mol. The minimum Gasteiger partial charge on any atom is -0.334 e. The zero-order valence-corrected chi connectivity index (χ0v) is 12.7. The molecule has 1 fully saturated rings. The molecule has 6 nitrogen and oxygen atoms in total. The Morgan fingerprint density at radius 3 is 3.05 bits per heavy atom. The minimum absolute atomic E-state index is 0.0393. The Bertz CT molecular complexity index is 725. The van der Waals surface area contributed by atoms with Gasteiger partial charge in [0.1, 0.15) is 5.69 Å². The van der Waals surface area contributed by atoms with Crippen molar-refractivity contribution in [1.82, 2.24) is 25.2 Å². The van der Waals surface area contributed by atoms with Crippen molar-refractivity contribution in [2.75, 3.05) is 7.05 Å². The average Bonchev–Trinajstić information content (AvgIpc) is 2.85. The van der Waals surface area contributed by atoms with Crippen molar-refractivity contribution in [3.63, 3.8) is 0 Å². The number of hydrogen-bond acceptors (Lipinski definition) is 3. The molecule has 3 atom stereocenters. The van der Waals surface area contributed by atoms with Gasteiger partial charge in [-0.2, -0.15) is 0 Å². The Morgan fingerprint density at radius 1 is 1.45 bits per heavy atom. The van der Waals surface area contributed by atoms with Crippen LogP contribution in [-0.4, -0.2) is 39.0 Å². The van der Waals surface area contributed by atoms with Gasteiger partial charge >= 0.3 is 6.03 Å². The van der Waals surface area contributed by atoms with E-state index >= 15 is 0 Å². The Kier molecular flexibility index (Phi) is 2.92. The van der Waals surface area contributed by atoms with Crippen LogP contribution in [0.2, 0.25) is 0 Å². The topological polar surface area (TPSA) is 63.1 Å². The number of carbonyl (C=O) groups is 1. The molecule has 2 amide bonds. The number of benzene rings is 1. The molecular formula is C16H19N5O. The first-order chi connectivity index (χ1) is 10.6. The number of nitrogens with zero attached hydrogens (tertiary/aromatic N) is 4. The summed E-state index contributed by atoms with van der Waals surface area (Å²) in [5, 5.41) is 11.0. The standard InChI is InChI=1S/C16H19N5O/c1-20(8-11-9-21(2)19-18-11)16(22)17-15-13-7-10-5-3-4-6-12(10)14(13)15/h3-6,9,13-15H,7-8H2,1-2H3,(H,17,22)/t13-,14+,15+/m0/s1. The maximum Gasteiger partial charge on any atom is 0.317 e. The van der Waals surface area contributed by atoms with Crippen LogP contribution in [0.4, 0.5) is 4.79 Å². The van der Waals surface area contributed by atoms with Crippen molar-refractivity contribution in [2.45, 2.75) is 24.9 Å². The van der Waals surface area contributed by atoms with E-state index in [-0.39, 0.29) is 12.1 Å². The van der Waals surface area contributed by atoms with Gasteiger partial charge in [0.2, 0.25) is 0 Å². The van der Waals surface area contributed by atoms with Crippen LogP contribution in [0.1, 0.15) is 22.7 Å². The molecule has 2 aromatic rings. The summed E-state index contributed by atoms with van der Waals surface area (Å²) >= 11 is 0. The summed E-state index contributed by atoms with van der Waals surface area (Å²) in [6.07, 6.45) is 2.91. The molecule has 2 aliphatic carbocycles. The number of nitrogens with one attached hydrogen (secondary N) is 1. The number of aryl methyl sites for hydroxylation is 1. The van der Waals surface area contributed by atoms with Crippen LogP contribution >= 0.6 is 0 Å². The Labute approximate surface area is 129 Å². The molecule has 0 aliphatic heterocycles. The normalized spacial score (nSPS) is 24.5. The second-order valence-electron chi connectivity index (χ2n) is 6.31. The van der Waals surface area contributed by atoms with Gasteiger partial charge in [-0.25, -0.2) is 4.79 Å². The van der Waals surface area contributed by atoms with Crippen LogP contribution in [0.25, 0.3) is 0 Å². The number of rotatable bonds is 3. The first-order valence-corrected chi connectivity index (χ1v) is 7.58. The summed E-state index contributed by atoms with van der Waals surface area (Å²) in [6, 6.07) is 8.80. The zero-order chi connectivity index (χ0) is 15.3. The Morgan fingerprint density at radius 2 is 2.27 bits per heavy atom. The van der Waals surface area contributed by atoms with Crippen LogP contribution in [-0.2, 0) is 20.0 Å². The highest BCUT2D eigenvalue weighted by Gasteiger charge is 2.56. The van der Waals surface area contributed by atoms with Crippen molar-refractivity contribution >= 4 is 6.03 Å². The quantitative estimate of drug-likeness (QED) is 0.928. The molecule has 1 heterocycles. The molecule has 1 aromatic heterocycles. The highest BCUT2D eigenvalue weighted by atomic mass is 16.2. The highest BCUT2D eigenvalue weighted by molar-refractivity contribution is 5.75. The van der Waals surface area contributed by atoms with Crippen molar-refractivity contribution in [3.05, 3.63) is 47.3 Å². The molecule has 22 heavy (non-hydrogen) atoms. The van der Waals surface area contributed by atoms with Crippen molar-refractivity contribution in [1.29, 1.82) is 0 Å². The fraction of sp³-hybridized carbons (Fsp3) is 0.438. The predicted molar refractivity (Wildman–Crippen MR) is 81.2 cm³/mol. The van der Waals surface area contributed by atoms with Gasteiger partial charge in [-0.3, -0.25) is 4.68 Å². The summed E-state index contributed by atoms with van der Waals surface area (Å²) in [4.78, 5) is 14.0. The molecular weight excluding hydrogens is 278 g/mol. The lowest BCUT2D eigenvalue weighted by molar-refractivity contribution is 0.205. The second kappa shape index (κ2) is 4.83. The van der Waals surface area contributed by atoms with Crippen LogP contribution in [0.3, 0.4) is 0 Å². The summed E-state index contributed by atoms with van der Waals surface area (Å²) in [6.45, 7) is 0.471. The maximum absolute atomic E-state index is 12.3. The molecule has 0 saturated heterocycles. The molecule has 0 unspecified atom stereocenters. The minimum atomic E-state index is -0.0393. The smallest absolute Gasteiger partial charge is 0.317 e. The molecule has 0 spiro atoms. The van der Waals surface area contributed by atoms with E-state index in [0.717, 1.165) is 12.1 Å². The number of amides is 2. The van der Waals surface area contributed by atoms with Gasteiger partial charge in [0.05, 0.1) is 6.54 Å². The number of hydrogen-bond donors (Lipinski definition) is 1. The van der Waals surface area contributed by atoms with Crippen molar-refractivity contribution in [3.8, 4) is 0 Å². The van der Waals surface area contributed by atoms with Gasteiger partial charge in [-0.05, 0) is 23.5 Å². The van der Waals surface area contributed by atoms with Crippen LogP contribution < -0.4 is 5.32 Å².